The van der Waals surface area contributed by atoms with Crippen molar-refractivity contribution >= 4 is 22.4 Å². The first kappa shape index (κ1) is 24.2. The minimum atomic E-state index is 0. The van der Waals surface area contributed by atoms with Crippen LogP contribution in [0.4, 0.5) is 0 Å². The number of benzene rings is 3. The molecule has 0 bridgehead atoms. The first-order valence-electron chi connectivity index (χ1n) is 10.3. The zero-order valence-corrected chi connectivity index (χ0v) is 22.2. The van der Waals surface area contributed by atoms with Gasteiger partial charge in [0.15, 0.2) is 0 Å². The molecule has 3 aromatic carbocycles. The molecule has 0 fully saturated rings. The molecule has 0 saturated carbocycles. The Bertz CT molecular complexity index is 1260. The van der Waals surface area contributed by atoms with Crippen molar-refractivity contribution in [3.8, 4) is 0 Å². The zero-order valence-electron chi connectivity index (χ0n) is 18.3. The molecule has 155 valence electrons. The predicted octanol–water partition coefficient (Wildman–Crippen LogP) is 1.66. The maximum Gasteiger partial charge on any atom is -1.00 e. The fourth-order valence-electron chi connectivity index (χ4n) is 5.19. The molecular formula is C28H25Cl2Zr. The first-order chi connectivity index (χ1) is 13.9. The third-order valence-corrected chi connectivity index (χ3v) is 9.52. The summed E-state index contributed by atoms with van der Waals surface area (Å²) < 4.78 is 1.60. The molecule has 3 aromatic rings. The van der Waals surface area contributed by atoms with Crippen LogP contribution in [0.15, 0.2) is 86.7 Å². The van der Waals surface area contributed by atoms with Crippen LogP contribution in [0.1, 0.15) is 50.3 Å². The molecule has 0 amide bonds. The van der Waals surface area contributed by atoms with E-state index in [2.05, 4.69) is 101 Å². The summed E-state index contributed by atoms with van der Waals surface area (Å²) in [6.45, 7) is 9.49. The van der Waals surface area contributed by atoms with Crippen LogP contribution in [0.25, 0.3) is 22.4 Å². The quantitative estimate of drug-likeness (QED) is 0.480. The third kappa shape index (κ3) is 3.64. The maximum atomic E-state index is 2.43. The second-order valence-electron chi connectivity index (χ2n) is 8.85. The van der Waals surface area contributed by atoms with Gasteiger partial charge in [0.25, 0.3) is 0 Å². The van der Waals surface area contributed by atoms with Gasteiger partial charge in [-0.2, -0.15) is 0 Å². The smallest absolute Gasteiger partial charge is 1.00 e. The predicted molar refractivity (Wildman–Crippen MR) is 120 cm³/mol. The number of allylic oxidation sites excluding steroid dienone is 5. The summed E-state index contributed by atoms with van der Waals surface area (Å²) in [4.78, 5) is 0. The Morgan fingerprint density at radius 1 is 0.806 bits per heavy atom. The standard InChI is InChI=1S/C28H25.2ClH.Zr/c1-18-17-28(3,4)19(2)26(18)27-23-14-8-6-11-21(23)16-25(27)24-15-9-12-20-10-5-7-13-22(20)24;;;/h5-16,27H,1-4H3;2*1H;/q;;;+2/p-2. The second kappa shape index (κ2) is 8.86. The molecule has 1 atom stereocenters. The van der Waals surface area contributed by atoms with Gasteiger partial charge >= 0.3 is 190 Å². The van der Waals surface area contributed by atoms with Gasteiger partial charge in [-0.3, -0.25) is 0 Å². The van der Waals surface area contributed by atoms with Crippen molar-refractivity contribution in [2.45, 2.75) is 33.6 Å². The second-order valence-corrected chi connectivity index (χ2v) is 10.1. The van der Waals surface area contributed by atoms with Gasteiger partial charge in [0.05, 0.1) is 0 Å². The van der Waals surface area contributed by atoms with Crippen molar-refractivity contribution in [2.24, 2.45) is 5.41 Å². The fourth-order valence-corrected chi connectivity index (χ4v) is 5.98. The minimum absolute atomic E-state index is 0. The largest absolute Gasteiger partial charge is 1.00 e. The fraction of sp³-hybridized carbons (Fsp3) is 0.214. The molecule has 2 aliphatic rings. The van der Waals surface area contributed by atoms with Crippen LogP contribution in [0, 0.1) is 5.41 Å². The van der Waals surface area contributed by atoms with Crippen LogP contribution in [-0.2, 0) is 24.7 Å². The minimum Gasteiger partial charge on any atom is -1.00 e. The molecule has 0 heterocycles. The van der Waals surface area contributed by atoms with Crippen molar-refractivity contribution in [1.82, 2.24) is 0 Å². The molecule has 3 heteroatoms. The van der Waals surface area contributed by atoms with Gasteiger partial charge in [-0.15, -0.1) is 0 Å². The van der Waals surface area contributed by atoms with Crippen LogP contribution in [0.5, 0.6) is 0 Å². The summed E-state index contributed by atoms with van der Waals surface area (Å²) in [7, 11) is 0. The van der Waals surface area contributed by atoms with Crippen molar-refractivity contribution in [1.29, 1.82) is 0 Å². The maximum absolute atomic E-state index is 2.43. The third-order valence-electron chi connectivity index (χ3n) is 7.06. The molecule has 2 aliphatic carbocycles. The van der Waals surface area contributed by atoms with E-state index in [0.717, 1.165) is 0 Å². The number of fused-ring (bicyclic) bond motifs is 2. The van der Waals surface area contributed by atoms with Crippen molar-refractivity contribution < 1.29 is 49.5 Å². The normalized spacial score (nSPS) is 19.2. The van der Waals surface area contributed by atoms with Gasteiger partial charge in [0.2, 0.25) is 0 Å². The van der Waals surface area contributed by atoms with Crippen molar-refractivity contribution in [2.75, 3.05) is 0 Å². The monoisotopic (exact) mass is 521 g/mol. The molecule has 31 heavy (non-hydrogen) atoms. The molecule has 0 saturated heterocycles. The van der Waals surface area contributed by atoms with E-state index in [4.69, 9.17) is 0 Å². The molecule has 0 nitrogen and oxygen atoms in total. The Kier molecular flexibility index (Phi) is 6.93. The van der Waals surface area contributed by atoms with Crippen LogP contribution >= 0.6 is 0 Å². The van der Waals surface area contributed by atoms with E-state index in [1.54, 1.807) is 8.85 Å². The molecule has 0 spiro atoms. The summed E-state index contributed by atoms with van der Waals surface area (Å²) in [6.07, 6.45) is 2.43. The van der Waals surface area contributed by atoms with E-state index < -0.39 is 0 Å². The molecule has 0 radical (unpaired) electrons. The summed E-state index contributed by atoms with van der Waals surface area (Å²) >= 11 is 1.54. The van der Waals surface area contributed by atoms with Crippen LogP contribution in [0.3, 0.4) is 0 Å². The Hall–Kier alpha value is -1.40. The topological polar surface area (TPSA) is 0 Å². The SMILES string of the molecule is CC1=[C]([Zr+2])C(C)(C)C(C)=C1C1C(c2cccc3ccccc23)=Cc2ccccc21.[Cl-].[Cl-]. The van der Waals surface area contributed by atoms with E-state index >= 15 is 0 Å². The molecular weight excluding hydrogens is 498 g/mol. The van der Waals surface area contributed by atoms with Crippen LogP contribution < -0.4 is 24.8 Å². The number of hydrogen-bond donors (Lipinski definition) is 0. The Labute approximate surface area is 213 Å². The van der Waals surface area contributed by atoms with Gasteiger partial charge in [0, 0.05) is 0 Å². The molecule has 5 rings (SSSR count). The van der Waals surface area contributed by atoms with Gasteiger partial charge in [0.1, 0.15) is 0 Å². The Morgan fingerprint density at radius 3 is 2.16 bits per heavy atom. The number of rotatable bonds is 2. The van der Waals surface area contributed by atoms with Crippen molar-refractivity contribution in [3.05, 3.63) is 103 Å². The average molecular weight is 524 g/mol. The Morgan fingerprint density at radius 2 is 1.45 bits per heavy atom. The summed E-state index contributed by atoms with van der Waals surface area (Å²) in [5.41, 5.74) is 10.4. The molecule has 0 aromatic heterocycles. The molecule has 1 unspecified atom stereocenters. The van der Waals surface area contributed by atoms with Crippen molar-refractivity contribution in [3.63, 3.8) is 0 Å². The first-order valence-corrected chi connectivity index (χ1v) is 11.6. The molecule has 0 N–H and O–H groups in total. The van der Waals surface area contributed by atoms with Gasteiger partial charge in [-0.25, -0.2) is 0 Å². The van der Waals surface area contributed by atoms with Gasteiger partial charge < -0.3 is 24.8 Å². The summed E-state index contributed by atoms with van der Waals surface area (Å²) in [5.74, 6) is 0.314. The van der Waals surface area contributed by atoms with Gasteiger partial charge in [-0.05, 0) is 0 Å². The van der Waals surface area contributed by atoms with E-state index in [9.17, 15) is 0 Å². The van der Waals surface area contributed by atoms with E-state index in [-0.39, 0.29) is 30.2 Å². The summed E-state index contributed by atoms with van der Waals surface area (Å²) in [6, 6.07) is 24.5. The number of hydrogen-bond acceptors (Lipinski definition) is 0. The average Bonchev–Trinajstić information content (AvgIpc) is 3.17. The van der Waals surface area contributed by atoms with Crippen LogP contribution in [0.2, 0.25) is 0 Å². The van der Waals surface area contributed by atoms with Crippen LogP contribution in [-0.4, -0.2) is 0 Å². The Balaban J connectivity index is 0.00000136. The zero-order chi connectivity index (χ0) is 20.3. The van der Waals surface area contributed by atoms with E-state index in [1.165, 1.54) is 68.9 Å². The van der Waals surface area contributed by atoms with E-state index in [0.29, 0.717) is 5.92 Å². The van der Waals surface area contributed by atoms with E-state index in [1.807, 2.05) is 0 Å². The summed E-state index contributed by atoms with van der Waals surface area (Å²) in [5, 5.41) is 2.66. The van der Waals surface area contributed by atoms with Gasteiger partial charge in [-0.1, -0.05) is 0 Å². The number of halogens is 2. The molecule has 0 aliphatic heterocycles.